The molecule has 0 aromatic rings. The third-order valence-electron chi connectivity index (χ3n) is 2.04. The zero-order chi connectivity index (χ0) is 9.24. The van der Waals surface area contributed by atoms with Crippen LogP contribution in [0.2, 0.25) is 0 Å². The summed E-state index contributed by atoms with van der Waals surface area (Å²) in [6.45, 7) is 2.74. The van der Waals surface area contributed by atoms with Crippen molar-refractivity contribution in [3.63, 3.8) is 0 Å². The van der Waals surface area contributed by atoms with Crippen molar-refractivity contribution in [3.8, 4) is 0 Å². The summed E-state index contributed by atoms with van der Waals surface area (Å²) in [5.74, 6) is -0.417. The molecule has 1 heterocycles. The van der Waals surface area contributed by atoms with E-state index >= 15 is 0 Å². The van der Waals surface area contributed by atoms with Gasteiger partial charge in [0.2, 0.25) is 0 Å². The largest absolute Gasteiger partial charge is 0.381 e. The smallest absolute Gasteiger partial charge is 0.303 e. The number of ether oxygens (including phenoxy) is 1. The predicted octanol–water partition coefficient (Wildman–Crippen LogP) is 1.10. The maximum absolute atomic E-state index is 12.3. The summed E-state index contributed by atoms with van der Waals surface area (Å²) < 4.78 is 38.2. The van der Waals surface area contributed by atoms with Crippen molar-refractivity contribution in [2.45, 2.75) is 19.8 Å². The van der Waals surface area contributed by atoms with Gasteiger partial charge in [0.05, 0.1) is 12.4 Å². The van der Waals surface area contributed by atoms with E-state index in [1.165, 1.54) is 0 Å². The molecule has 1 atom stereocenters. The van der Waals surface area contributed by atoms with Crippen molar-refractivity contribution in [2.24, 2.45) is 5.41 Å². The molecule has 1 aliphatic rings. The van der Waals surface area contributed by atoms with Gasteiger partial charge in [-0.25, -0.2) is 0 Å². The molecular weight excluding hydrogens is 183 g/mol. The van der Waals surface area contributed by atoms with Crippen molar-refractivity contribution in [3.05, 3.63) is 0 Å². The maximum atomic E-state index is 12.3. The van der Waals surface area contributed by atoms with Crippen LogP contribution in [0.15, 0.2) is 0 Å². The molecule has 1 rings (SSSR count). The van der Waals surface area contributed by atoms with E-state index in [0.717, 1.165) is 12.8 Å². The van der Waals surface area contributed by atoms with Crippen LogP contribution in [-0.4, -0.2) is 27.4 Å². The van der Waals surface area contributed by atoms with E-state index < -0.39 is 21.4 Å². The second-order valence-electron chi connectivity index (χ2n) is 3.65. The average molecular weight is 196 g/mol. The quantitative estimate of drug-likeness (QED) is 0.621. The highest BCUT2D eigenvalue weighted by atomic mass is 32.3. The van der Waals surface area contributed by atoms with Crippen LogP contribution in [0.1, 0.15) is 19.8 Å². The van der Waals surface area contributed by atoms with Crippen LogP contribution < -0.4 is 0 Å². The van der Waals surface area contributed by atoms with Gasteiger partial charge in [-0.3, -0.25) is 0 Å². The minimum atomic E-state index is -4.36. The Kier molecular flexibility index (Phi) is 2.73. The Balaban J connectivity index is 2.59. The van der Waals surface area contributed by atoms with Gasteiger partial charge in [0.15, 0.2) is 0 Å². The number of halogens is 1. The van der Waals surface area contributed by atoms with Crippen LogP contribution in [0.4, 0.5) is 3.89 Å². The summed E-state index contributed by atoms with van der Waals surface area (Å²) in [4.78, 5) is 0. The number of rotatable bonds is 2. The summed E-state index contributed by atoms with van der Waals surface area (Å²) in [5, 5.41) is 0. The highest BCUT2D eigenvalue weighted by Crippen LogP contribution is 2.29. The molecule has 0 radical (unpaired) electrons. The molecule has 0 N–H and O–H groups in total. The van der Waals surface area contributed by atoms with E-state index in [-0.39, 0.29) is 0 Å². The second kappa shape index (κ2) is 3.30. The van der Waals surface area contributed by atoms with E-state index in [0.29, 0.717) is 13.2 Å². The van der Waals surface area contributed by atoms with Gasteiger partial charge in [0, 0.05) is 12.0 Å². The summed E-state index contributed by atoms with van der Waals surface area (Å²) in [5.41, 5.74) is -0.522. The van der Waals surface area contributed by atoms with Crippen LogP contribution >= 0.6 is 0 Å². The first-order valence-corrected chi connectivity index (χ1v) is 5.47. The number of hydrogen-bond acceptors (Lipinski definition) is 3. The molecule has 0 spiro atoms. The molecule has 1 unspecified atom stereocenters. The normalized spacial score (nSPS) is 31.8. The van der Waals surface area contributed by atoms with Crippen molar-refractivity contribution in [1.29, 1.82) is 0 Å². The van der Waals surface area contributed by atoms with E-state index in [2.05, 4.69) is 0 Å². The highest BCUT2D eigenvalue weighted by Gasteiger charge is 2.32. The van der Waals surface area contributed by atoms with Crippen molar-refractivity contribution in [2.75, 3.05) is 19.0 Å². The molecule has 0 aliphatic carbocycles. The third kappa shape index (κ3) is 3.06. The van der Waals surface area contributed by atoms with Gasteiger partial charge in [-0.05, 0) is 12.8 Å². The lowest BCUT2D eigenvalue weighted by molar-refractivity contribution is 0.0140. The minimum Gasteiger partial charge on any atom is -0.381 e. The highest BCUT2D eigenvalue weighted by molar-refractivity contribution is 7.86. The van der Waals surface area contributed by atoms with E-state index in [9.17, 15) is 12.3 Å². The number of hydrogen-bond donors (Lipinski definition) is 0. The molecule has 0 aromatic carbocycles. The SMILES string of the molecule is CC1(CS(=O)(=O)F)CCCOC1. The summed E-state index contributed by atoms with van der Waals surface area (Å²) in [6.07, 6.45) is 1.53. The fourth-order valence-electron chi connectivity index (χ4n) is 1.52. The van der Waals surface area contributed by atoms with Crippen LogP contribution in [0.3, 0.4) is 0 Å². The zero-order valence-corrected chi connectivity index (χ0v) is 7.86. The predicted molar refractivity (Wildman–Crippen MR) is 43.1 cm³/mol. The fourth-order valence-corrected chi connectivity index (χ4v) is 2.58. The lowest BCUT2D eigenvalue weighted by Gasteiger charge is -2.31. The zero-order valence-electron chi connectivity index (χ0n) is 7.05. The third-order valence-corrected chi connectivity index (χ3v) is 3.08. The Hall–Kier alpha value is -0.160. The Morgan fingerprint density at radius 3 is 2.67 bits per heavy atom. The maximum Gasteiger partial charge on any atom is 0.303 e. The lowest BCUT2D eigenvalue weighted by atomic mass is 9.87. The Labute approximate surface area is 72.1 Å². The molecule has 5 heteroatoms. The Bertz CT molecular complexity index is 241. The van der Waals surface area contributed by atoms with Crippen LogP contribution in [0.5, 0.6) is 0 Å². The minimum absolute atomic E-state index is 0.343. The van der Waals surface area contributed by atoms with Gasteiger partial charge < -0.3 is 4.74 Å². The first-order chi connectivity index (χ1) is 5.41. The van der Waals surface area contributed by atoms with Gasteiger partial charge in [-0.1, -0.05) is 6.92 Å². The van der Waals surface area contributed by atoms with Crippen molar-refractivity contribution in [1.82, 2.24) is 0 Å². The summed E-state index contributed by atoms with van der Waals surface area (Å²) in [7, 11) is -4.36. The van der Waals surface area contributed by atoms with Gasteiger partial charge in [0.1, 0.15) is 0 Å². The molecule has 3 nitrogen and oxygen atoms in total. The standard InChI is InChI=1S/C7H13FO3S/c1-7(6-12(8,9)10)3-2-4-11-5-7/h2-6H2,1H3. The molecule has 0 aromatic heterocycles. The molecule has 0 amide bonds. The van der Waals surface area contributed by atoms with Crippen LogP contribution in [-0.2, 0) is 15.0 Å². The lowest BCUT2D eigenvalue weighted by Crippen LogP contribution is -2.34. The van der Waals surface area contributed by atoms with Crippen LogP contribution in [0.25, 0.3) is 0 Å². The molecule has 0 bridgehead atoms. The van der Waals surface area contributed by atoms with Gasteiger partial charge in [-0.2, -0.15) is 8.42 Å². The first kappa shape index (κ1) is 9.92. The van der Waals surface area contributed by atoms with E-state index in [1.807, 2.05) is 0 Å². The molecule has 72 valence electrons. The Morgan fingerprint density at radius 1 is 1.58 bits per heavy atom. The van der Waals surface area contributed by atoms with Gasteiger partial charge in [-0.15, -0.1) is 3.89 Å². The molecule has 12 heavy (non-hydrogen) atoms. The fraction of sp³-hybridized carbons (Fsp3) is 1.00. The first-order valence-electron chi connectivity index (χ1n) is 3.91. The van der Waals surface area contributed by atoms with E-state index in [1.54, 1.807) is 6.92 Å². The monoisotopic (exact) mass is 196 g/mol. The second-order valence-corrected chi connectivity index (χ2v) is 5.02. The molecular formula is C7H13FO3S. The van der Waals surface area contributed by atoms with Crippen molar-refractivity contribution < 1.29 is 17.0 Å². The molecule has 1 saturated heterocycles. The molecule has 0 saturated carbocycles. The van der Waals surface area contributed by atoms with Crippen LogP contribution in [0, 0.1) is 5.41 Å². The van der Waals surface area contributed by atoms with E-state index in [4.69, 9.17) is 4.74 Å². The molecule has 1 fully saturated rings. The van der Waals surface area contributed by atoms with Gasteiger partial charge >= 0.3 is 10.2 Å². The summed E-state index contributed by atoms with van der Waals surface area (Å²) >= 11 is 0. The molecule has 1 aliphatic heterocycles. The topological polar surface area (TPSA) is 43.4 Å². The summed E-state index contributed by atoms with van der Waals surface area (Å²) in [6, 6.07) is 0. The Morgan fingerprint density at radius 2 is 2.25 bits per heavy atom. The average Bonchev–Trinajstić information content (AvgIpc) is 1.83. The van der Waals surface area contributed by atoms with Crippen molar-refractivity contribution >= 4 is 10.2 Å². The van der Waals surface area contributed by atoms with Gasteiger partial charge in [0.25, 0.3) is 0 Å².